The lowest BCUT2D eigenvalue weighted by atomic mass is 9.97. The molecule has 0 aromatic carbocycles. The third-order valence-corrected chi connectivity index (χ3v) is 2.33. The van der Waals surface area contributed by atoms with Crippen molar-refractivity contribution < 1.29 is 0 Å². The quantitative estimate of drug-likeness (QED) is 0.604. The number of nitrogens with zero attached hydrogens (tertiary/aromatic N) is 4. The molecule has 0 unspecified atom stereocenters. The van der Waals surface area contributed by atoms with Gasteiger partial charge in [-0.25, -0.2) is 5.10 Å². The standard InChI is InChI=1S/C7H14N6/c1-5-2-6(8)4-13(3-5)7-9-11-12-10-7/h5-6H,2-4,8H2,1H3,(H,9,10,11,12)/t5-,6-/m1/s1. The Hall–Kier alpha value is -1.17. The number of tetrazole rings is 1. The van der Waals surface area contributed by atoms with Gasteiger partial charge < -0.3 is 10.6 Å². The van der Waals surface area contributed by atoms with Crippen LogP contribution in [-0.4, -0.2) is 39.8 Å². The molecule has 2 rings (SSSR count). The Balaban J connectivity index is 2.07. The van der Waals surface area contributed by atoms with Crippen molar-refractivity contribution in [3.63, 3.8) is 0 Å². The highest BCUT2D eigenvalue weighted by Crippen LogP contribution is 2.17. The van der Waals surface area contributed by atoms with Crippen LogP contribution in [0.3, 0.4) is 0 Å². The van der Waals surface area contributed by atoms with E-state index in [9.17, 15) is 0 Å². The lowest BCUT2D eigenvalue weighted by molar-refractivity contribution is 0.398. The van der Waals surface area contributed by atoms with Crippen LogP contribution in [0.4, 0.5) is 5.95 Å². The monoisotopic (exact) mass is 182 g/mol. The Morgan fingerprint density at radius 1 is 1.54 bits per heavy atom. The van der Waals surface area contributed by atoms with Gasteiger partial charge in [-0.05, 0) is 22.8 Å². The van der Waals surface area contributed by atoms with Crippen LogP contribution in [0.1, 0.15) is 13.3 Å². The van der Waals surface area contributed by atoms with E-state index < -0.39 is 0 Å². The number of hydrogen-bond acceptors (Lipinski definition) is 5. The van der Waals surface area contributed by atoms with Crippen LogP contribution in [0.15, 0.2) is 0 Å². The van der Waals surface area contributed by atoms with Crippen molar-refractivity contribution in [2.75, 3.05) is 18.0 Å². The molecule has 6 heteroatoms. The number of aromatic amines is 1. The lowest BCUT2D eigenvalue weighted by Gasteiger charge is -2.33. The summed E-state index contributed by atoms with van der Waals surface area (Å²) in [6.07, 6.45) is 1.08. The molecule has 13 heavy (non-hydrogen) atoms. The highest BCUT2D eigenvalue weighted by molar-refractivity contribution is 5.27. The van der Waals surface area contributed by atoms with E-state index in [4.69, 9.17) is 5.73 Å². The van der Waals surface area contributed by atoms with E-state index in [0.717, 1.165) is 25.5 Å². The Morgan fingerprint density at radius 3 is 3.00 bits per heavy atom. The summed E-state index contributed by atoms with van der Waals surface area (Å²) in [6, 6.07) is 0.230. The molecular weight excluding hydrogens is 168 g/mol. The van der Waals surface area contributed by atoms with Crippen LogP contribution < -0.4 is 10.6 Å². The second-order valence-corrected chi connectivity index (χ2v) is 3.73. The first kappa shape index (κ1) is 8.43. The predicted octanol–water partition coefficient (Wildman–Crippen LogP) is -0.627. The average Bonchev–Trinajstić information content (AvgIpc) is 2.53. The molecule has 0 saturated carbocycles. The van der Waals surface area contributed by atoms with E-state index >= 15 is 0 Å². The molecule has 0 spiro atoms. The summed E-state index contributed by atoms with van der Waals surface area (Å²) in [6.45, 7) is 4.00. The van der Waals surface area contributed by atoms with Gasteiger partial charge >= 0.3 is 0 Å². The van der Waals surface area contributed by atoms with Crippen molar-refractivity contribution in [1.29, 1.82) is 0 Å². The summed E-state index contributed by atoms with van der Waals surface area (Å²) in [5.41, 5.74) is 5.90. The van der Waals surface area contributed by atoms with E-state index in [0.29, 0.717) is 5.92 Å². The van der Waals surface area contributed by atoms with Gasteiger partial charge in [0.2, 0.25) is 5.95 Å². The molecule has 1 aliphatic rings. The second kappa shape index (κ2) is 3.29. The minimum Gasteiger partial charge on any atom is -0.338 e. The minimum absolute atomic E-state index is 0.230. The van der Waals surface area contributed by atoms with E-state index in [1.807, 2.05) is 0 Å². The van der Waals surface area contributed by atoms with Gasteiger partial charge in [0.25, 0.3) is 0 Å². The van der Waals surface area contributed by atoms with Gasteiger partial charge in [-0.3, -0.25) is 0 Å². The Kier molecular flexibility index (Phi) is 2.13. The van der Waals surface area contributed by atoms with Gasteiger partial charge in [-0.2, -0.15) is 0 Å². The van der Waals surface area contributed by atoms with Crippen LogP contribution in [0.2, 0.25) is 0 Å². The molecule has 2 atom stereocenters. The third kappa shape index (κ3) is 1.77. The molecule has 72 valence electrons. The number of aromatic nitrogens is 4. The van der Waals surface area contributed by atoms with Gasteiger partial charge in [-0.15, -0.1) is 0 Å². The molecule has 1 aromatic rings. The lowest BCUT2D eigenvalue weighted by Crippen LogP contribution is -2.46. The normalized spacial score (nSPS) is 29.2. The molecule has 0 radical (unpaired) electrons. The van der Waals surface area contributed by atoms with Gasteiger partial charge in [0.1, 0.15) is 0 Å². The molecule has 6 nitrogen and oxygen atoms in total. The van der Waals surface area contributed by atoms with Gasteiger partial charge in [0, 0.05) is 19.1 Å². The summed E-state index contributed by atoms with van der Waals surface area (Å²) in [5.74, 6) is 1.33. The first-order valence-corrected chi connectivity index (χ1v) is 4.50. The molecular formula is C7H14N6. The molecule has 1 fully saturated rings. The van der Waals surface area contributed by atoms with Crippen molar-refractivity contribution in [2.45, 2.75) is 19.4 Å². The van der Waals surface area contributed by atoms with E-state index in [2.05, 4.69) is 32.4 Å². The first-order chi connectivity index (χ1) is 6.25. The summed E-state index contributed by atoms with van der Waals surface area (Å²) in [5, 5.41) is 13.7. The van der Waals surface area contributed by atoms with Crippen LogP contribution in [0.25, 0.3) is 0 Å². The van der Waals surface area contributed by atoms with Gasteiger partial charge in [0.15, 0.2) is 0 Å². The average molecular weight is 182 g/mol. The van der Waals surface area contributed by atoms with E-state index in [1.54, 1.807) is 0 Å². The molecule has 0 amide bonds. The Bertz CT molecular complexity index is 248. The fourth-order valence-corrected chi connectivity index (χ4v) is 1.86. The topological polar surface area (TPSA) is 83.7 Å². The zero-order valence-corrected chi connectivity index (χ0v) is 7.64. The molecule has 0 bridgehead atoms. The highest BCUT2D eigenvalue weighted by Gasteiger charge is 2.23. The van der Waals surface area contributed by atoms with Crippen LogP contribution in [0.5, 0.6) is 0 Å². The van der Waals surface area contributed by atoms with E-state index in [1.165, 1.54) is 0 Å². The fraction of sp³-hybridized carbons (Fsp3) is 0.857. The zero-order valence-electron chi connectivity index (χ0n) is 7.64. The molecule has 0 aliphatic carbocycles. The van der Waals surface area contributed by atoms with Crippen LogP contribution in [-0.2, 0) is 0 Å². The van der Waals surface area contributed by atoms with Crippen molar-refractivity contribution in [3.8, 4) is 0 Å². The maximum Gasteiger partial charge on any atom is 0.242 e. The maximum absolute atomic E-state index is 5.90. The summed E-state index contributed by atoms with van der Waals surface area (Å²) in [4.78, 5) is 2.10. The highest BCUT2D eigenvalue weighted by atomic mass is 15.5. The van der Waals surface area contributed by atoms with Crippen molar-refractivity contribution >= 4 is 5.95 Å². The minimum atomic E-state index is 0.230. The third-order valence-electron chi connectivity index (χ3n) is 2.33. The Morgan fingerprint density at radius 2 is 2.38 bits per heavy atom. The molecule has 1 saturated heterocycles. The smallest absolute Gasteiger partial charge is 0.242 e. The van der Waals surface area contributed by atoms with Gasteiger partial charge in [-0.1, -0.05) is 12.0 Å². The molecule has 3 N–H and O–H groups in total. The zero-order chi connectivity index (χ0) is 9.26. The number of anilines is 1. The van der Waals surface area contributed by atoms with Crippen molar-refractivity contribution in [1.82, 2.24) is 20.6 Å². The molecule has 1 aromatic heterocycles. The molecule has 2 heterocycles. The first-order valence-electron chi connectivity index (χ1n) is 4.50. The largest absolute Gasteiger partial charge is 0.338 e. The maximum atomic E-state index is 5.90. The number of H-pyrrole nitrogens is 1. The second-order valence-electron chi connectivity index (χ2n) is 3.73. The van der Waals surface area contributed by atoms with Crippen LogP contribution >= 0.6 is 0 Å². The number of piperidine rings is 1. The Labute approximate surface area is 76.5 Å². The number of rotatable bonds is 1. The summed E-state index contributed by atoms with van der Waals surface area (Å²) >= 11 is 0. The van der Waals surface area contributed by atoms with E-state index in [-0.39, 0.29) is 6.04 Å². The fourth-order valence-electron chi connectivity index (χ4n) is 1.86. The van der Waals surface area contributed by atoms with Crippen molar-refractivity contribution in [2.24, 2.45) is 11.7 Å². The number of hydrogen-bond donors (Lipinski definition) is 2. The van der Waals surface area contributed by atoms with Crippen LogP contribution in [0, 0.1) is 5.92 Å². The SMILES string of the molecule is C[C@@H]1C[C@@H](N)CN(c2nnn[nH]2)C1. The summed E-state index contributed by atoms with van der Waals surface area (Å²) in [7, 11) is 0. The van der Waals surface area contributed by atoms with Crippen molar-refractivity contribution in [3.05, 3.63) is 0 Å². The summed E-state index contributed by atoms with van der Waals surface area (Å²) < 4.78 is 0. The number of nitrogens with one attached hydrogen (secondary N) is 1. The number of nitrogens with two attached hydrogens (primary N) is 1. The van der Waals surface area contributed by atoms with Gasteiger partial charge in [0.05, 0.1) is 0 Å². The molecule has 1 aliphatic heterocycles. The predicted molar refractivity (Wildman–Crippen MR) is 48.1 cm³/mol.